The lowest BCUT2D eigenvalue weighted by Gasteiger charge is -2.19. The smallest absolute Gasteiger partial charge is 0.0232 e. The Morgan fingerprint density at radius 1 is 1.78 bits per heavy atom. The van der Waals surface area contributed by atoms with Gasteiger partial charge in [-0.15, -0.1) is 9.24 Å². The number of hydrogen-bond donors (Lipinski definition) is 0. The number of rotatable bonds is 4. The van der Waals surface area contributed by atoms with Crippen molar-refractivity contribution in [3.63, 3.8) is 0 Å². The normalized spacial score (nSPS) is 12.8. The molecular formula is C7H16NP. The summed E-state index contributed by atoms with van der Waals surface area (Å²) in [4.78, 5) is 2.19. The third kappa shape index (κ3) is 4.47. The van der Waals surface area contributed by atoms with Gasteiger partial charge in [0.25, 0.3) is 0 Å². The van der Waals surface area contributed by atoms with Crippen LogP contribution in [0.4, 0.5) is 0 Å². The van der Waals surface area contributed by atoms with Crippen LogP contribution in [0, 0.1) is 0 Å². The molecule has 2 heteroatoms. The van der Waals surface area contributed by atoms with Crippen molar-refractivity contribution in [2.24, 2.45) is 0 Å². The van der Waals surface area contributed by atoms with Gasteiger partial charge in [0.2, 0.25) is 0 Å². The monoisotopic (exact) mass is 145 g/mol. The molecule has 0 aromatic rings. The molecule has 2 unspecified atom stereocenters. The van der Waals surface area contributed by atoms with Crippen LogP contribution in [0.3, 0.4) is 0 Å². The van der Waals surface area contributed by atoms with Crippen LogP contribution in [-0.2, 0) is 0 Å². The molecule has 0 aliphatic carbocycles. The minimum atomic E-state index is 0.656. The van der Waals surface area contributed by atoms with E-state index in [4.69, 9.17) is 0 Å². The van der Waals surface area contributed by atoms with Crippen LogP contribution < -0.4 is 0 Å². The van der Waals surface area contributed by atoms with Gasteiger partial charge in [-0.3, -0.25) is 0 Å². The summed E-state index contributed by atoms with van der Waals surface area (Å²) in [5.74, 6) is 0. The van der Waals surface area contributed by atoms with Gasteiger partial charge in [0.1, 0.15) is 0 Å². The Morgan fingerprint density at radius 2 is 2.33 bits per heavy atom. The van der Waals surface area contributed by atoms with Crippen molar-refractivity contribution in [3.05, 3.63) is 12.8 Å². The highest BCUT2D eigenvalue weighted by atomic mass is 31.0. The van der Waals surface area contributed by atoms with Gasteiger partial charge in [-0.2, -0.15) is 0 Å². The van der Waals surface area contributed by atoms with Crippen LogP contribution in [0.25, 0.3) is 0 Å². The molecule has 0 aliphatic rings. The second kappa shape index (κ2) is 4.81. The van der Waals surface area contributed by atoms with E-state index in [1.54, 1.807) is 0 Å². The van der Waals surface area contributed by atoms with Crippen molar-refractivity contribution in [1.82, 2.24) is 4.90 Å². The fraction of sp³-hybridized carbons (Fsp3) is 0.714. The zero-order valence-corrected chi connectivity index (χ0v) is 7.46. The fourth-order valence-corrected chi connectivity index (χ4v) is 0.973. The summed E-state index contributed by atoms with van der Waals surface area (Å²) < 4.78 is 0. The Labute approximate surface area is 60.3 Å². The van der Waals surface area contributed by atoms with E-state index in [0.717, 1.165) is 13.1 Å². The van der Waals surface area contributed by atoms with Crippen molar-refractivity contribution in [2.75, 3.05) is 13.1 Å². The summed E-state index contributed by atoms with van der Waals surface area (Å²) in [5, 5.41) is 0. The Balaban J connectivity index is 3.42. The molecule has 0 aromatic heterocycles. The van der Waals surface area contributed by atoms with E-state index >= 15 is 0 Å². The Morgan fingerprint density at radius 3 is 2.44 bits per heavy atom. The first-order valence-electron chi connectivity index (χ1n) is 3.32. The Hall–Kier alpha value is -0.0300. The largest absolute Gasteiger partial charge is 0.378 e. The first kappa shape index (κ1) is 8.97. The standard InChI is InChI=1S/C7H16NP/c1-4-8(5-2)6-7(3)9/h4,7H,1,5-6,9H2,2-3H3. The molecule has 2 atom stereocenters. The molecular weight excluding hydrogens is 129 g/mol. The van der Waals surface area contributed by atoms with Crippen molar-refractivity contribution >= 4 is 9.24 Å². The van der Waals surface area contributed by atoms with Crippen molar-refractivity contribution in [3.8, 4) is 0 Å². The summed E-state index contributed by atoms with van der Waals surface area (Å²) in [6, 6.07) is 0. The van der Waals surface area contributed by atoms with Crippen LogP contribution in [-0.4, -0.2) is 23.6 Å². The van der Waals surface area contributed by atoms with E-state index in [1.165, 1.54) is 0 Å². The summed E-state index contributed by atoms with van der Waals surface area (Å²) in [6.45, 7) is 10.2. The molecule has 1 nitrogen and oxygen atoms in total. The lowest BCUT2D eigenvalue weighted by molar-refractivity contribution is 0.402. The van der Waals surface area contributed by atoms with Gasteiger partial charge in [-0.05, 0) is 18.8 Å². The maximum Gasteiger partial charge on any atom is 0.0232 e. The zero-order chi connectivity index (χ0) is 7.28. The molecule has 0 bridgehead atoms. The highest BCUT2D eigenvalue weighted by Crippen LogP contribution is 2.00. The summed E-state index contributed by atoms with van der Waals surface area (Å²) in [7, 11) is 2.77. The third-order valence-electron chi connectivity index (χ3n) is 1.19. The van der Waals surface area contributed by atoms with Crippen LogP contribution in [0.15, 0.2) is 12.8 Å². The predicted octanol–water partition coefficient (Wildman–Crippen LogP) is 1.72. The van der Waals surface area contributed by atoms with Gasteiger partial charge < -0.3 is 4.90 Å². The summed E-state index contributed by atoms with van der Waals surface area (Å²) in [5.41, 5.74) is 0.656. The SMILES string of the molecule is C=CN(CC)CC(C)P. The van der Waals surface area contributed by atoms with Crippen molar-refractivity contribution in [1.29, 1.82) is 0 Å². The molecule has 0 amide bonds. The van der Waals surface area contributed by atoms with E-state index in [-0.39, 0.29) is 0 Å². The van der Waals surface area contributed by atoms with Crippen molar-refractivity contribution < 1.29 is 0 Å². The lowest BCUT2D eigenvalue weighted by atomic mass is 10.4. The quantitative estimate of drug-likeness (QED) is 0.544. The van der Waals surface area contributed by atoms with Gasteiger partial charge in [0.15, 0.2) is 0 Å². The van der Waals surface area contributed by atoms with Crippen LogP contribution >= 0.6 is 9.24 Å². The fourth-order valence-electron chi connectivity index (χ4n) is 0.703. The van der Waals surface area contributed by atoms with Gasteiger partial charge >= 0.3 is 0 Å². The molecule has 0 fully saturated rings. The average molecular weight is 145 g/mol. The molecule has 0 saturated heterocycles. The maximum absolute atomic E-state index is 3.70. The molecule has 9 heavy (non-hydrogen) atoms. The molecule has 0 aliphatic heterocycles. The zero-order valence-electron chi connectivity index (χ0n) is 6.30. The van der Waals surface area contributed by atoms with Crippen LogP contribution in [0.2, 0.25) is 0 Å². The van der Waals surface area contributed by atoms with Crippen LogP contribution in [0.5, 0.6) is 0 Å². The van der Waals surface area contributed by atoms with E-state index in [2.05, 4.69) is 34.6 Å². The molecule has 0 rings (SSSR count). The molecule has 0 aromatic carbocycles. The average Bonchev–Trinajstić information content (AvgIpc) is 1.82. The predicted molar refractivity (Wildman–Crippen MR) is 46.6 cm³/mol. The van der Waals surface area contributed by atoms with Gasteiger partial charge in [-0.25, -0.2) is 0 Å². The molecule has 0 radical (unpaired) electrons. The summed E-state index contributed by atoms with van der Waals surface area (Å²) in [6.07, 6.45) is 1.89. The van der Waals surface area contributed by atoms with Gasteiger partial charge in [0, 0.05) is 13.1 Å². The minimum Gasteiger partial charge on any atom is -0.378 e. The molecule has 0 spiro atoms. The first-order valence-corrected chi connectivity index (χ1v) is 3.99. The minimum absolute atomic E-state index is 0.656. The van der Waals surface area contributed by atoms with Gasteiger partial charge in [0.05, 0.1) is 0 Å². The summed E-state index contributed by atoms with van der Waals surface area (Å²) >= 11 is 0. The molecule has 0 N–H and O–H groups in total. The first-order chi connectivity index (χ1) is 4.20. The number of nitrogens with zero attached hydrogens (tertiary/aromatic N) is 1. The lowest BCUT2D eigenvalue weighted by Crippen LogP contribution is -2.22. The third-order valence-corrected chi connectivity index (χ3v) is 1.40. The Kier molecular flexibility index (Phi) is 4.80. The second-order valence-electron chi connectivity index (χ2n) is 2.25. The Bertz CT molecular complexity index is 81.0. The molecule has 54 valence electrons. The molecule has 0 saturated carbocycles. The van der Waals surface area contributed by atoms with Crippen molar-refractivity contribution in [2.45, 2.75) is 19.5 Å². The highest BCUT2D eigenvalue weighted by molar-refractivity contribution is 7.17. The van der Waals surface area contributed by atoms with E-state index < -0.39 is 0 Å². The molecule has 0 heterocycles. The maximum atomic E-state index is 3.70. The second-order valence-corrected chi connectivity index (χ2v) is 3.39. The van der Waals surface area contributed by atoms with E-state index in [9.17, 15) is 0 Å². The van der Waals surface area contributed by atoms with Gasteiger partial charge in [-0.1, -0.05) is 13.5 Å². The number of hydrogen-bond acceptors (Lipinski definition) is 1. The van der Waals surface area contributed by atoms with E-state index in [0.29, 0.717) is 5.66 Å². The highest BCUT2D eigenvalue weighted by Gasteiger charge is 1.97. The van der Waals surface area contributed by atoms with E-state index in [1.807, 2.05) is 6.20 Å². The topological polar surface area (TPSA) is 3.24 Å². The van der Waals surface area contributed by atoms with Crippen LogP contribution in [0.1, 0.15) is 13.8 Å².